The number of hydrogen-bond acceptors (Lipinski definition) is 2. The van der Waals surface area contributed by atoms with E-state index in [1.807, 2.05) is 7.05 Å². The molecular weight excluding hydrogens is 126 g/mol. The van der Waals surface area contributed by atoms with Crippen LogP contribution in [0.2, 0.25) is 0 Å². The van der Waals surface area contributed by atoms with Crippen LogP contribution in [0.5, 0.6) is 0 Å². The van der Waals surface area contributed by atoms with Gasteiger partial charge in [0.05, 0.1) is 0 Å². The lowest BCUT2D eigenvalue weighted by molar-refractivity contribution is -0.112. The lowest BCUT2D eigenvalue weighted by Crippen LogP contribution is -2.10. The second-order valence-electron chi connectivity index (χ2n) is 2.77. The molecule has 1 saturated heterocycles. The van der Waals surface area contributed by atoms with Gasteiger partial charge in [-0.25, -0.2) is 0 Å². The van der Waals surface area contributed by atoms with Gasteiger partial charge in [0.1, 0.15) is 0 Å². The average molecular weight is 139 g/mol. The highest BCUT2D eigenvalue weighted by atomic mass is 16.1. The summed E-state index contributed by atoms with van der Waals surface area (Å²) in [6.07, 6.45) is 3.98. The van der Waals surface area contributed by atoms with Gasteiger partial charge in [-0.15, -0.1) is 0 Å². The van der Waals surface area contributed by atoms with Gasteiger partial charge >= 0.3 is 0 Å². The smallest absolute Gasteiger partial charge is 0.154 e. The Morgan fingerprint density at radius 3 is 2.80 bits per heavy atom. The fourth-order valence-electron chi connectivity index (χ4n) is 1.25. The van der Waals surface area contributed by atoms with Gasteiger partial charge < -0.3 is 4.90 Å². The second kappa shape index (κ2) is 2.86. The van der Waals surface area contributed by atoms with Crippen LogP contribution in [-0.2, 0) is 4.79 Å². The summed E-state index contributed by atoms with van der Waals surface area (Å²) in [5, 5.41) is 0. The molecule has 0 spiro atoms. The number of nitrogens with zero attached hydrogens (tertiary/aromatic N) is 1. The standard InChI is InChI=1S/C8H13NO/c1-7(10)6-8-4-3-5-9(8)2/h6H,3-5H2,1-2H3/b8-6+. The van der Waals surface area contributed by atoms with Gasteiger partial charge in [0.15, 0.2) is 5.78 Å². The SMILES string of the molecule is CC(=O)/C=C1\CCCN1C. The summed E-state index contributed by atoms with van der Waals surface area (Å²) in [5.74, 6) is 0.156. The summed E-state index contributed by atoms with van der Waals surface area (Å²) in [6, 6.07) is 0. The quantitative estimate of drug-likeness (QED) is 0.508. The summed E-state index contributed by atoms with van der Waals surface area (Å²) in [4.78, 5) is 12.8. The first-order valence-corrected chi connectivity index (χ1v) is 3.62. The molecule has 2 nitrogen and oxygen atoms in total. The molecule has 2 heteroatoms. The Hall–Kier alpha value is -0.790. The number of rotatable bonds is 1. The zero-order valence-electron chi connectivity index (χ0n) is 6.55. The molecule has 0 N–H and O–H groups in total. The van der Waals surface area contributed by atoms with E-state index in [-0.39, 0.29) is 5.78 Å². The molecule has 0 atom stereocenters. The second-order valence-corrected chi connectivity index (χ2v) is 2.77. The zero-order valence-corrected chi connectivity index (χ0v) is 6.55. The van der Waals surface area contributed by atoms with Gasteiger partial charge in [-0.3, -0.25) is 4.79 Å². The molecule has 1 aliphatic rings. The van der Waals surface area contributed by atoms with Gasteiger partial charge in [0, 0.05) is 19.3 Å². The van der Waals surface area contributed by atoms with Crippen molar-refractivity contribution in [1.29, 1.82) is 0 Å². The number of allylic oxidation sites excluding steroid dienone is 2. The normalized spacial score (nSPS) is 22.2. The fraction of sp³-hybridized carbons (Fsp3) is 0.625. The van der Waals surface area contributed by atoms with Crippen molar-refractivity contribution in [3.05, 3.63) is 11.8 Å². The van der Waals surface area contributed by atoms with E-state index in [4.69, 9.17) is 0 Å². The molecule has 10 heavy (non-hydrogen) atoms. The van der Waals surface area contributed by atoms with Crippen LogP contribution < -0.4 is 0 Å². The highest BCUT2D eigenvalue weighted by Crippen LogP contribution is 2.17. The van der Waals surface area contributed by atoms with Crippen LogP contribution >= 0.6 is 0 Å². The van der Waals surface area contributed by atoms with Crippen molar-refractivity contribution < 1.29 is 4.79 Å². The molecule has 1 rings (SSSR count). The molecule has 1 aliphatic heterocycles. The number of carbonyl (C=O) groups is 1. The Morgan fingerprint density at radius 2 is 2.40 bits per heavy atom. The van der Waals surface area contributed by atoms with E-state index in [0.29, 0.717) is 0 Å². The first-order chi connectivity index (χ1) is 4.70. The van der Waals surface area contributed by atoms with Crippen LogP contribution in [0.3, 0.4) is 0 Å². The third-order valence-electron chi connectivity index (χ3n) is 1.79. The van der Waals surface area contributed by atoms with Gasteiger partial charge in [0.25, 0.3) is 0 Å². The highest BCUT2D eigenvalue weighted by Gasteiger charge is 2.11. The Labute approximate surface area is 61.5 Å². The van der Waals surface area contributed by atoms with Crippen molar-refractivity contribution in [2.45, 2.75) is 19.8 Å². The van der Waals surface area contributed by atoms with Crippen LogP contribution in [0.25, 0.3) is 0 Å². The molecular formula is C8H13NO. The van der Waals surface area contributed by atoms with Gasteiger partial charge in [-0.05, 0) is 25.8 Å². The summed E-state index contributed by atoms with van der Waals surface area (Å²) < 4.78 is 0. The number of carbonyl (C=O) groups excluding carboxylic acids is 1. The van der Waals surface area contributed by atoms with Crippen molar-refractivity contribution in [2.75, 3.05) is 13.6 Å². The molecule has 0 saturated carbocycles. The molecule has 0 aromatic carbocycles. The molecule has 0 bridgehead atoms. The summed E-state index contributed by atoms with van der Waals surface area (Å²) in [6.45, 7) is 2.69. The fourth-order valence-corrected chi connectivity index (χ4v) is 1.25. The molecule has 0 aromatic heterocycles. The molecule has 1 fully saturated rings. The Morgan fingerprint density at radius 1 is 1.70 bits per heavy atom. The lowest BCUT2D eigenvalue weighted by atomic mass is 10.2. The van der Waals surface area contributed by atoms with E-state index < -0.39 is 0 Å². The predicted molar refractivity (Wildman–Crippen MR) is 40.6 cm³/mol. The van der Waals surface area contributed by atoms with E-state index in [1.165, 1.54) is 12.1 Å². The summed E-state index contributed by atoms with van der Waals surface area (Å²) >= 11 is 0. The van der Waals surface area contributed by atoms with Crippen molar-refractivity contribution in [3.8, 4) is 0 Å². The highest BCUT2D eigenvalue weighted by molar-refractivity contribution is 5.87. The minimum absolute atomic E-state index is 0.156. The molecule has 0 amide bonds. The molecule has 0 aromatic rings. The maximum absolute atomic E-state index is 10.6. The van der Waals surface area contributed by atoms with Crippen molar-refractivity contribution in [3.63, 3.8) is 0 Å². The van der Waals surface area contributed by atoms with Crippen LogP contribution in [0.1, 0.15) is 19.8 Å². The monoisotopic (exact) mass is 139 g/mol. The predicted octanol–water partition coefficient (Wildman–Crippen LogP) is 1.18. The first-order valence-electron chi connectivity index (χ1n) is 3.62. The Kier molecular flexibility index (Phi) is 2.10. The number of hydrogen-bond donors (Lipinski definition) is 0. The van der Waals surface area contributed by atoms with Crippen LogP contribution in [0, 0.1) is 0 Å². The van der Waals surface area contributed by atoms with E-state index in [9.17, 15) is 4.79 Å². The molecule has 0 aliphatic carbocycles. The average Bonchev–Trinajstić information content (AvgIpc) is 2.15. The molecule has 0 unspecified atom stereocenters. The van der Waals surface area contributed by atoms with E-state index in [0.717, 1.165) is 13.0 Å². The molecule has 56 valence electrons. The minimum Gasteiger partial charge on any atom is -0.378 e. The van der Waals surface area contributed by atoms with Gasteiger partial charge in [-0.2, -0.15) is 0 Å². The lowest BCUT2D eigenvalue weighted by Gasteiger charge is -2.10. The largest absolute Gasteiger partial charge is 0.378 e. The summed E-state index contributed by atoms with van der Waals surface area (Å²) in [7, 11) is 2.03. The van der Waals surface area contributed by atoms with Crippen molar-refractivity contribution >= 4 is 5.78 Å². The van der Waals surface area contributed by atoms with Crippen molar-refractivity contribution in [1.82, 2.24) is 4.90 Å². The van der Waals surface area contributed by atoms with E-state index >= 15 is 0 Å². The molecule has 0 radical (unpaired) electrons. The van der Waals surface area contributed by atoms with Gasteiger partial charge in [-0.1, -0.05) is 0 Å². The number of ketones is 1. The van der Waals surface area contributed by atoms with E-state index in [1.54, 1.807) is 13.0 Å². The third-order valence-corrected chi connectivity index (χ3v) is 1.79. The Bertz CT molecular complexity index is 172. The zero-order chi connectivity index (χ0) is 7.56. The van der Waals surface area contributed by atoms with Crippen LogP contribution in [0.15, 0.2) is 11.8 Å². The minimum atomic E-state index is 0.156. The molecule has 1 heterocycles. The third kappa shape index (κ3) is 1.59. The maximum Gasteiger partial charge on any atom is 0.154 e. The van der Waals surface area contributed by atoms with Gasteiger partial charge in [0.2, 0.25) is 0 Å². The maximum atomic E-state index is 10.6. The summed E-state index contributed by atoms with van der Waals surface area (Å²) in [5.41, 5.74) is 1.19. The van der Waals surface area contributed by atoms with Crippen LogP contribution in [0.4, 0.5) is 0 Å². The van der Waals surface area contributed by atoms with E-state index in [2.05, 4.69) is 4.90 Å². The number of likely N-dealkylation sites (tertiary alicyclic amines) is 1. The Balaban J connectivity index is 2.62. The van der Waals surface area contributed by atoms with Crippen LogP contribution in [-0.4, -0.2) is 24.3 Å². The topological polar surface area (TPSA) is 20.3 Å². The first kappa shape index (κ1) is 7.32. The van der Waals surface area contributed by atoms with Crippen molar-refractivity contribution in [2.24, 2.45) is 0 Å².